The number of primary amides is 1. The largest absolute Gasteiger partial charge is 0.416 e. The van der Waals surface area contributed by atoms with Gasteiger partial charge in [0.1, 0.15) is 17.7 Å². The number of urea groups is 1. The van der Waals surface area contributed by atoms with Crippen LogP contribution in [0.15, 0.2) is 48.8 Å². The molecule has 14 heteroatoms. The maximum absolute atomic E-state index is 14.1. The standard InChI is InChI=1S/C28H30F4N8O2/c1-3-11-39(12-4-2)14-21-23(26(34)41)22(24-25(33)35-15-36-40(21)24)16-5-8-18(9-6-16)37-27(42)38-20-13-17(28(30,31)32)7-10-19(20)29/h5-10,13,15H,3-4,11-12,14H2,1-2H3,(H2,34,41)(H2,33,35,36)(H2,37,38,42). The van der Waals surface area contributed by atoms with E-state index in [9.17, 15) is 27.2 Å². The highest BCUT2D eigenvalue weighted by atomic mass is 19.4. The fraction of sp³-hybridized carbons (Fsp3) is 0.286. The van der Waals surface area contributed by atoms with E-state index in [2.05, 4.69) is 39.5 Å². The zero-order valence-electron chi connectivity index (χ0n) is 22.9. The molecule has 0 spiro atoms. The van der Waals surface area contributed by atoms with Crippen molar-refractivity contribution in [3.8, 4) is 11.1 Å². The van der Waals surface area contributed by atoms with Gasteiger partial charge in [-0.2, -0.15) is 18.3 Å². The summed E-state index contributed by atoms with van der Waals surface area (Å²) in [7, 11) is 0. The molecule has 0 aliphatic carbocycles. The van der Waals surface area contributed by atoms with Crippen LogP contribution < -0.4 is 22.1 Å². The predicted octanol–water partition coefficient (Wildman–Crippen LogP) is 5.50. The number of hydrogen-bond acceptors (Lipinski definition) is 6. The van der Waals surface area contributed by atoms with Crippen LogP contribution in [0.5, 0.6) is 0 Å². The lowest BCUT2D eigenvalue weighted by Gasteiger charge is -2.21. The number of aromatic nitrogens is 3. The maximum atomic E-state index is 14.1. The molecule has 6 N–H and O–H groups in total. The van der Waals surface area contributed by atoms with E-state index in [1.807, 2.05) is 0 Å². The molecule has 2 aromatic heterocycles. The Labute approximate surface area is 238 Å². The number of rotatable bonds is 10. The Hall–Kier alpha value is -4.72. The Kier molecular flexibility index (Phi) is 8.95. The molecule has 0 saturated heterocycles. The number of fused-ring (bicyclic) bond motifs is 1. The smallest absolute Gasteiger partial charge is 0.382 e. The van der Waals surface area contributed by atoms with Crippen molar-refractivity contribution in [2.45, 2.75) is 39.4 Å². The van der Waals surface area contributed by atoms with Crippen LogP contribution in [0.3, 0.4) is 0 Å². The molecule has 4 aromatic rings. The minimum Gasteiger partial charge on any atom is -0.382 e. The molecule has 3 amide bonds. The second-order valence-electron chi connectivity index (χ2n) is 9.59. The number of alkyl halides is 3. The van der Waals surface area contributed by atoms with Gasteiger partial charge in [-0.3, -0.25) is 9.69 Å². The number of hydrogen-bond donors (Lipinski definition) is 4. The Morgan fingerprint density at radius 3 is 2.29 bits per heavy atom. The minimum atomic E-state index is -4.71. The summed E-state index contributed by atoms with van der Waals surface area (Å²) < 4.78 is 54.6. The van der Waals surface area contributed by atoms with Gasteiger partial charge in [0.05, 0.1) is 22.5 Å². The van der Waals surface area contributed by atoms with Gasteiger partial charge in [0.25, 0.3) is 5.91 Å². The first-order valence-electron chi connectivity index (χ1n) is 13.2. The van der Waals surface area contributed by atoms with Crippen molar-refractivity contribution in [1.82, 2.24) is 19.5 Å². The number of nitrogens with two attached hydrogens (primary N) is 2. The van der Waals surface area contributed by atoms with Crippen LogP contribution in [0.1, 0.15) is 48.3 Å². The number of nitrogens with zero attached hydrogens (tertiary/aromatic N) is 4. The molecule has 0 aliphatic rings. The number of halogens is 4. The number of amides is 3. The van der Waals surface area contributed by atoms with E-state index >= 15 is 0 Å². The second kappa shape index (κ2) is 12.4. The van der Waals surface area contributed by atoms with Crippen LogP contribution in [-0.2, 0) is 12.7 Å². The van der Waals surface area contributed by atoms with Crippen LogP contribution in [-0.4, -0.2) is 44.5 Å². The van der Waals surface area contributed by atoms with Crippen molar-refractivity contribution in [2.24, 2.45) is 5.73 Å². The normalized spacial score (nSPS) is 11.7. The fourth-order valence-electron chi connectivity index (χ4n) is 4.78. The number of nitrogens with one attached hydrogen (secondary N) is 2. The van der Waals surface area contributed by atoms with E-state index in [1.165, 1.54) is 18.5 Å². The molecule has 0 saturated carbocycles. The van der Waals surface area contributed by atoms with Gasteiger partial charge in [0.15, 0.2) is 5.82 Å². The lowest BCUT2D eigenvalue weighted by atomic mass is 10.00. The van der Waals surface area contributed by atoms with Crippen molar-refractivity contribution >= 4 is 34.6 Å². The summed E-state index contributed by atoms with van der Waals surface area (Å²) in [6.07, 6.45) is -1.60. The van der Waals surface area contributed by atoms with E-state index in [0.717, 1.165) is 25.9 Å². The third-order valence-corrected chi connectivity index (χ3v) is 6.52. The molecule has 0 unspecified atom stereocenters. The molecule has 2 aromatic carbocycles. The van der Waals surface area contributed by atoms with Crippen molar-refractivity contribution in [3.05, 3.63) is 71.4 Å². The highest BCUT2D eigenvalue weighted by molar-refractivity contribution is 6.08. The lowest BCUT2D eigenvalue weighted by molar-refractivity contribution is -0.137. The summed E-state index contributed by atoms with van der Waals surface area (Å²) in [5.74, 6) is -1.57. The summed E-state index contributed by atoms with van der Waals surface area (Å²) in [6.45, 7) is 6.10. The number of anilines is 3. The quantitative estimate of drug-likeness (QED) is 0.181. The van der Waals surface area contributed by atoms with Crippen LogP contribution in [0.4, 0.5) is 39.5 Å². The first-order chi connectivity index (χ1) is 19.9. The monoisotopic (exact) mass is 586 g/mol. The minimum absolute atomic E-state index is 0.135. The topological polar surface area (TPSA) is 144 Å². The number of nitrogen functional groups attached to an aromatic ring is 1. The van der Waals surface area contributed by atoms with Gasteiger partial charge < -0.3 is 22.1 Å². The van der Waals surface area contributed by atoms with Gasteiger partial charge in [0.2, 0.25) is 0 Å². The third-order valence-electron chi connectivity index (χ3n) is 6.52. The molecule has 0 aliphatic heterocycles. The fourth-order valence-corrected chi connectivity index (χ4v) is 4.78. The van der Waals surface area contributed by atoms with Crippen molar-refractivity contribution < 1.29 is 27.2 Å². The molecule has 10 nitrogen and oxygen atoms in total. The lowest BCUT2D eigenvalue weighted by Crippen LogP contribution is -2.27. The summed E-state index contributed by atoms with van der Waals surface area (Å²) >= 11 is 0. The van der Waals surface area contributed by atoms with Gasteiger partial charge in [0, 0.05) is 17.8 Å². The summed E-state index contributed by atoms with van der Waals surface area (Å²) in [5.41, 5.74) is 12.8. The predicted molar refractivity (Wildman–Crippen MR) is 151 cm³/mol. The van der Waals surface area contributed by atoms with Crippen molar-refractivity contribution in [2.75, 3.05) is 29.5 Å². The molecule has 4 rings (SSSR count). The highest BCUT2D eigenvalue weighted by Crippen LogP contribution is 2.36. The SMILES string of the molecule is CCCN(CCC)Cc1c(C(N)=O)c(-c2ccc(NC(=O)Nc3cc(C(F)(F)F)ccc3F)cc2)c2c(N)ncnn12. The molecule has 0 bridgehead atoms. The van der Waals surface area contributed by atoms with E-state index < -0.39 is 35.2 Å². The zero-order valence-corrected chi connectivity index (χ0v) is 22.9. The second-order valence-corrected chi connectivity index (χ2v) is 9.59. The third kappa shape index (κ3) is 6.43. The Balaban J connectivity index is 1.66. The van der Waals surface area contributed by atoms with Crippen LogP contribution in [0.25, 0.3) is 16.6 Å². The van der Waals surface area contributed by atoms with Gasteiger partial charge in [-0.15, -0.1) is 0 Å². The average molecular weight is 587 g/mol. The number of benzene rings is 2. The first kappa shape index (κ1) is 30.2. The van der Waals surface area contributed by atoms with Gasteiger partial charge >= 0.3 is 12.2 Å². The summed E-state index contributed by atoms with van der Waals surface area (Å²) in [5, 5.41) is 8.89. The van der Waals surface area contributed by atoms with Crippen molar-refractivity contribution in [3.63, 3.8) is 0 Å². The Morgan fingerprint density at radius 2 is 1.69 bits per heavy atom. The molecule has 0 fully saturated rings. The Bertz CT molecular complexity index is 1600. The molecule has 222 valence electrons. The zero-order chi connectivity index (χ0) is 30.6. The summed E-state index contributed by atoms with van der Waals surface area (Å²) in [6, 6.07) is 6.98. The van der Waals surface area contributed by atoms with Gasteiger partial charge in [-0.05, 0) is 61.8 Å². The van der Waals surface area contributed by atoms with Crippen LogP contribution >= 0.6 is 0 Å². The van der Waals surface area contributed by atoms with Crippen LogP contribution in [0.2, 0.25) is 0 Å². The van der Waals surface area contributed by atoms with E-state index in [0.29, 0.717) is 47.1 Å². The van der Waals surface area contributed by atoms with Crippen molar-refractivity contribution in [1.29, 1.82) is 0 Å². The van der Waals surface area contributed by atoms with Gasteiger partial charge in [-0.25, -0.2) is 18.7 Å². The number of carbonyl (C=O) groups excluding carboxylic acids is 2. The summed E-state index contributed by atoms with van der Waals surface area (Å²) in [4.78, 5) is 31.6. The molecular formula is C28H30F4N8O2. The van der Waals surface area contributed by atoms with Gasteiger partial charge in [-0.1, -0.05) is 26.0 Å². The molecule has 0 atom stereocenters. The number of carbonyl (C=O) groups is 2. The van der Waals surface area contributed by atoms with E-state index in [-0.39, 0.29) is 17.1 Å². The Morgan fingerprint density at radius 1 is 1.02 bits per heavy atom. The average Bonchev–Trinajstić information content (AvgIpc) is 3.25. The molecule has 2 heterocycles. The molecule has 42 heavy (non-hydrogen) atoms. The first-order valence-corrected chi connectivity index (χ1v) is 13.2. The highest BCUT2D eigenvalue weighted by Gasteiger charge is 2.31. The molecular weight excluding hydrogens is 556 g/mol. The van der Waals surface area contributed by atoms with E-state index in [1.54, 1.807) is 16.6 Å². The molecule has 0 radical (unpaired) electrons. The maximum Gasteiger partial charge on any atom is 0.416 e. The van der Waals surface area contributed by atoms with E-state index in [4.69, 9.17) is 11.5 Å². The van der Waals surface area contributed by atoms with Crippen LogP contribution in [0, 0.1) is 5.82 Å².